The number of nitrogens with one attached hydrogen (secondary N) is 1. The molecule has 1 aromatic heterocycles. The fraction of sp³-hybridized carbons (Fsp3) is 0.667. The van der Waals surface area contributed by atoms with Gasteiger partial charge in [-0.15, -0.1) is 0 Å². The Bertz CT molecular complexity index is 591. The average Bonchev–Trinajstić information content (AvgIpc) is 2.80. The largest absolute Gasteiger partial charge is 0.339 e. The first kappa shape index (κ1) is 14.0. The van der Waals surface area contributed by atoms with E-state index in [0.29, 0.717) is 18.8 Å². The molecule has 1 heterocycles. The van der Waals surface area contributed by atoms with Crippen molar-refractivity contribution in [2.75, 3.05) is 0 Å². The Morgan fingerprint density at radius 2 is 2.16 bits per heavy atom. The monoisotopic (exact) mass is 282 g/mol. The van der Waals surface area contributed by atoms with E-state index in [1.54, 1.807) is 11.6 Å². The van der Waals surface area contributed by atoms with Gasteiger partial charge in [-0.1, -0.05) is 6.92 Å². The Morgan fingerprint density at radius 3 is 2.63 bits per heavy atom. The van der Waals surface area contributed by atoms with Crippen LogP contribution in [-0.2, 0) is 17.1 Å². The number of hydrogen-bond acceptors (Lipinski definition) is 4. The number of imidazole rings is 1. The van der Waals surface area contributed by atoms with Gasteiger partial charge in [0.1, 0.15) is 5.54 Å². The molecule has 0 spiro atoms. The standard InChI is InChI=1S/C12H18N4O2S/c1-10-3-5-12(8-13,6-4-10)15-19(17,18)11-7-16(2)9-14-11/h7,9-10,15H,3-6H2,1-2H3. The van der Waals surface area contributed by atoms with Crippen LogP contribution >= 0.6 is 0 Å². The van der Waals surface area contributed by atoms with Gasteiger partial charge in [-0.25, -0.2) is 13.4 Å². The lowest BCUT2D eigenvalue weighted by molar-refractivity contribution is 0.277. The highest BCUT2D eigenvalue weighted by molar-refractivity contribution is 7.89. The summed E-state index contributed by atoms with van der Waals surface area (Å²) in [7, 11) is -2.03. The van der Waals surface area contributed by atoms with Crippen molar-refractivity contribution < 1.29 is 8.42 Å². The molecule has 0 saturated heterocycles. The third kappa shape index (κ3) is 2.96. The first-order chi connectivity index (χ1) is 8.87. The molecular formula is C12H18N4O2S. The first-order valence-corrected chi connectivity index (χ1v) is 7.78. The first-order valence-electron chi connectivity index (χ1n) is 6.30. The van der Waals surface area contributed by atoms with Crippen molar-refractivity contribution in [1.29, 1.82) is 5.26 Å². The van der Waals surface area contributed by atoms with Crippen molar-refractivity contribution in [3.05, 3.63) is 12.5 Å². The minimum absolute atomic E-state index is 0.0387. The molecule has 0 bridgehead atoms. The number of nitriles is 1. The smallest absolute Gasteiger partial charge is 0.260 e. The SMILES string of the molecule is CC1CCC(C#N)(NS(=O)(=O)c2cn(C)cn2)CC1. The lowest BCUT2D eigenvalue weighted by atomic mass is 9.79. The van der Waals surface area contributed by atoms with Crippen molar-refractivity contribution in [2.24, 2.45) is 13.0 Å². The summed E-state index contributed by atoms with van der Waals surface area (Å²) in [5.74, 6) is 0.542. The van der Waals surface area contributed by atoms with Gasteiger partial charge in [-0.05, 0) is 31.6 Å². The van der Waals surface area contributed by atoms with E-state index in [9.17, 15) is 13.7 Å². The second-order valence-corrected chi connectivity index (χ2v) is 6.99. The van der Waals surface area contributed by atoms with Crippen LogP contribution in [0.2, 0.25) is 0 Å². The van der Waals surface area contributed by atoms with Crippen LogP contribution in [0.4, 0.5) is 0 Å². The highest BCUT2D eigenvalue weighted by atomic mass is 32.2. The van der Waals surface area contributed by atoms with Crippen LogP contribution in [0.5, 0.6) is 0 Å². The number of aryl methyl sites for hydroxylation is 1. The molecule has 1 aliphatic carbocycles. The lowest BCUT2D eigenvalue weighted by Gasteiger charge is -2.33. The summed E-state index contributed by atoms with van der Waals surface area (Å²) in [5.41, 5.74) is -0.983. The summed E-state index contributed by atoms with van der Waals surface area (Å²) in [6, 6.07) is 2.15. The van der Waals surface area contributed by atoms with Gasteiger partial charge >= 0.3 is 0 Å². The zero-order chi connectivity index (χ0) is 14.1. The van der Waals surface area contributed by atoms with Gasteiger partial charge < -0.3 is 4.57 Å². The quantitative estimate of drug-likeness (QED) is 0.901. The molecule has 1 N–H and O–H groups in total. The van der Waals surface area contributed by atoms with Gasteiger partial charge in [-0.2, -0.15) is 9.98 Å². The molecule has 0 aromatic carbocycles. The molecule has 104 valence electrons. The average molecular weight is 282 g/mol. The van der Waals surface area contributed by atoms with Gasteiger partial charge in [0.05, 0.1) is 12.4 Å². The van der Waals surface area contributed by atoms with Crippen molar-refractivity contribution in [3.8, 4) is 6.07 Å². The number of sulfonamides is 1. The highest BCUT2D eigenvalue weighted by Gasteiger charge is 2.38. The summed E-state index contributed by atoms with van der Waals surface area (Å²) in [4.78, 5) is 3.84. The fourth-order valence-electron chi connectivity index (χ4n) is 2.33. The summed E-state index contributed by atoms with van der Waals surface area (Å²) >= 11 is 0. The Labute approximate surface area is 113 Å². The Morgan fingerprint density at radius 1 is 1.53 bits per heavy atom. The van der Waals surface area contributed by atoms with Gasteiger partial charge in [0.25, 0.3) is 10.0 Å². The van der Waals surface area contributed by atoms with Crippen LogP contribution in [0.3, 0.4) is 0 Å². The summed E-state index contributed by atoms with van der Waals surface area (Å²) < 4.78 is 28.6. The number of aromatic nitrogens is 2. The van der Waals surface area contributed by atoms with Gasteiger partial charge in [0.15, 0.2) is 5.03 Å². The minimum Gasteiger partial charge on any atom is -0.339 e. The predicted molar refractivity (Wildman–Crippen MR) is 69.5 cm³/mol. The molecule has 19 heavy (non-hydrogen) atoms. The van der Waals surface area contributed by atoms with Crippen molar-refractivity contribution in [1.82, 2.24) is 14.3 Å². The van der Waals surface area contributed by atoms with E-state index in [-0.39, 0.29) is 5.03 Å². The topological polar surface area (TPSA) is 87.8 Å². The molecule has 0 amide bonds. The predicted octanol–water partition coefficient (Wildman–Crippen LogP) is 1.17. The van der Waals surface area contributed by atoms with E-state index in [4.69, 9.17) is 0 Å². The molecule has 1 fully saturated rings. The Hall–Kier alpha value is -1.39. The molecule has 0 atom stereocenters. The van der Waals surface area contributed by atoms with E-state index in [1.807, 2.05) is 0 Å². The number of rotatable bonds is 3. The molecule has 1 aliphatic rings. The minimum atomic E-state index is -3.73. The van der Waals surface area contributed by atoms with Crippen LogP contribution in [0, 0.1) is 17.2 Å². The molecule has 1 saturated carbocycles. The van der Waals surface area contributed by atoms with E-state index < -0.39 is 15.6 Å². The molecule has 6 nitrogen and oxygen atoms in total. The van der Waals surface area contributed by atoms with Crippen molar-refractivity contribution in [2.45, 2.75) is 43.2 Å². The van der Waals surface area contributed by atoms with Crippen molar-refractivity contribution >= 4 is 10.0 Å². The molecule has 0 radical (unpaired) electrons. The molecule has 7 heteroatoms. The van der Waals surface area contributed by atoms with Gasteiger partial charge in [0.2, 0.25) is 0 Å². The van der Waals surface area contributed by atoms with Crippen LogP contribution in [0.15, 0.2) is 17.6 Å². The zero-order valence-corrected chi connectivity index (χ0v) is 11.9. The third-order valence-electron chi connectivity index (χ3n) is 3.63. The van der Waals surface area contributed by atoms with Crippen LogP contribution in [0.1, 0.15) is 32.6 Å². The fourth-order valence-corrected chi connectivity index (χ4v) is 3.69. The molecular weight excluding hydrogens is 264 g/mol. The highest BCUT2D eigenvalue weighted by Crippen LogP contribution is 2.32. The second-order valence-electron chi connectivity index (χ2n) is 5.36. The van der Waals surface area contributed by atoms with Gasteiger partial charge in [-0.3, -0.25) is 0 Å². The lowest BCUT2D eigenvalue weighted by Crippen LogP contribution is -2.49. The van der Waals surface area contributed by atoms with E-state index in [2.05, 4.69) is 22.7 Å². The molecule has 0 unspecified atom stereocenters. The Balaban J connectivity index is 2.21. The maximum atomic E-state index is 12.2. The van der Waals surface area contributed by atoms with E-state index >= 15 is 0 Å². The number of hydrogen-bond donors (Lipinski definition) is 1. The Kier molecular flexibility index (Phi) is 3.65. The summed E-state index contributed by atoms with van der Waals surface area (Å²) in [6.07, 6.45) is 5.68. The van der Waals surface area contributed by atoms with Gasteiger partial charge in [0, 0.05) is 13.2 Å². The normalized spacial score (nSPS) is 27.9. The van der Waals surface area contributed by atoms with Crippen LogP contribution < -0.4 is 4.72 Å². The van der Waals surface area contributed by atoms with E-state index in [1.165, 1.54) is 12.5 Å². The maximum Gasteiger partial charge on any atom is 0.260 e. The summed E-state index contributed by atoms with van der Waals surface area (Å²) in [6.45, 7) is 2.12. The van der Waals surface area contributed by atoms with Crippen LogP contribution in [-0.4, -0.2) is 23.5 Å². The second kappa shape index (κ2) is 4.94. The zero-order valence-electron chi connectivity index (χ0n) is 11.1. The van der Waals surface area contributed by atoms with Crippen molar-refractivity contribution in [3.63, 3.8) is 0 Å². The molecule has 2 rings (SSSR count). The summed E-state index contributed by atoms with van der Waals surface area (Å²) in [5, 5.41) is 9.30. The molecule has 0 aliphatic heterocycles. The maximum absolute atomic E-state index is 12.2. The van der Waals surface area contributed by atoms with E-state index in [0.717, 1.165) is 12.8 Å². The molecule has 1 aromatic rings. The number of nitrogens with zero attached hydrogens (tertiary/aromatic N) is 3. The third-order valence-corrected chi connectivity index (χ3v) is 5.05. The van der Waals surface area contributed by atoms with Crippen LogP contribution in [0.25, 0.3) is 0 Å².